The zero-order valence-electron chi connectivity index (χ0n) is 16.8. The monoisotopic (exact) mass is 393 g/mol. The molecule has 0 amide bonds. The molecule has 2 aliphatic carbocycles. The lowest BCUT2D eigenvalue weighted by Crippen LogP contribution is -2.36. The Morgan fingerprint density at radius 1 is 1.10 bits per heavy atom. The number of hydrogen-bond donors (Lipinski definition) is 1. The van der Waals surface area contributed by atoms with Gasteiger partial charge in [-0.2, -0.15) is 0 Å². The van der Waals surface area contributed by atoms with Gasteiger partial charge in [-0.15, -0.1) is 0 Å². The highest BCUT2D eigenvalue weighted by molar-refractivity contribution is 5.89. The van der Waals surface area contributed by atoms with Crippen LogP contribution in [0.2, 0.25) is 0 Å². The van der Waals surface area contributed by atoms with Gasteiger partial charge in [0, 0.05) is 11.6 Å². The number of tetrazole rings is 1. The number of ether oxygens (including phenoxy) is 1. The molecule has 1 aliphatic heterocycles. The molecule has 1 fully saturated rings. The summed E-state index contributed by atoms with van der Waals surface area (Å²) in [6.45, 7) is 0. The highest BCUT2D eigenvalue weighted by atomic mass is 16.5. The lowest BCUT2D eigenvalue weighted by molar-refractivity contribution is 0.0600. The van der Waals surface area contributed by atoms with Crippen molar-refractivity contribution < 1.29 is 9.53 Å². The lowest BCUT2D eigenvalue weighted by atomic mass is 9.72. The summed E-state index contributed by atoms with van der Waals surface area (Å²) >= 11 is 0. The largest absolute Gasteiger partial charge is 0.465 e. The van der Waals surface area contributed by atoms with Crippen LogP contribution >= 0.6 is 0 Å². The lowest BCUT2D eigenvalue weighted by Gasteiger charge is -2.41. The molecular weight excluding hydrogens is 366 g/mol. The maximum atomic E-state index is 11.8. The maximum absolute atomic E-state index is 11.8. The first kappa shape index (κ1) is 18.3. The number of carbonyl (C=O) groups is 1. The molecule has 7 heteroatoms. The second-order valence-corrected chi connectivity index (χ2v) is 8.40. The number of esters is 1. The Morgan fingerprint density at radius 2 is 1.90 bits per heavy atom. The molecule has 1 aromatic carbocycles. The number of fused-ring (bicyclic) bond motifs is 2. The van der Waals surface area contributed by atoms with E-state index in [0.29, 0.717) is 23.3 Å². The Hall–Kier alpha value is -2.70. The van der Waals surface area contributed by atoms with Crippen molar-refractivity contribution in [1.82, 2.24) is 20.2 Å². The van der Waals surface area contributed by atoms with Crippen molar-refractivity contribution in [3.63, 3.8) is 0 Å². The summed E-state index contributed by atoms with van der Waals surface area (Å²) in [6.07, 6.45) is 10.1. The molecule has 5 rings (SSSR count). The van der Waals surface area contributed by atoms with Crippen LogP contribution in [0.15, 0.2) is 35.5 Å². The average molecular weight is 393 g/mol. The highest BCUT2D eigenvalue weighted by Crippen LogP contribution is 2.47. The van der Waals surface area contributed by atoms with Gasteiger partial charge in [-0.1, -0.05) is 36.5 Å². The summed E-state index contributed by atoms with van der Waals surface area (Å²) in [5, 5.41) is 16.1. The predicted octanol–water partition coefficient (Wildman–Crippen LogP) is 4.11. The molecule has 1 N–H and O–H groups in total. The summed E-state index contributed by atoms with van der Waals surface area (Å²) in [6, 6.07) is 7.74. The van der Waals surface area contributed by atoms with Crippen LogP contribution in [0.4, 0.5) is 5.95 Å². The van der Waals surface area contributed by atoms with Crippen LogP contribution in [0.3, 0.4) is 0 Å². The molecule has 29 heavy (non-hydrogen) atoms. The van der Waals surface area contributed by atoms with Gasteiger partial charge in [0.1, 0.15) is 0 Å². The van der Waals surface area contributed by atoms with E-state index < -0.39 is 0 Å². The number of rotatable bonds is 3. The summed E-state index contributed by atoms with van der Waals surface area (Å²) < 4.78 is 6.75. The molecule has 1 aromatic heterocycles. The zero-order chi connectivity index (χ0) is 19.8. The van der Waals surface area contributed by atoms with E-state index in [0.717, 1.165) is 12.0 Å². The SMILES string of the molecule is COC(=O)c1ccc([C@@H]2[C@H]3CCCC(C4CCCCC4)=C3Nc3nnnn32)cc1. The summed E-state index contributed by atoms with van der Waals surface area (Å²) in [5.74, 6) is 1.43. The number of nitrogens with one attached hydrogen (secondary N) is 1. The van der Waals surface area contributed by atoms with E-state index in [9.17, 15) is 4.79 Å². The normalized spacial score (nSPS) is 24.4. The van der Waals surface area contributed by atoms with Crippen molar-refractivity contribution in [2.75, 3.05) is 12.4 Å². The molecule has 152 valence electrons. The van der Waals surface area contributed by atoms with E-state index in [-0.39, 0.29) is 12.0 Å². The van der Waals surface area contributed by atoms with Crippen LogP contribution in [0.25, 0.3) is 0 Å². The Bertz CT molecular complexity index is 927. The predicted molar refractivity (Wildman–Crippen MR) is 108 cm³/mol. The molecule has 0 unspecified atom stereocenters. The molecule has 2 atom stereocenters. The van der Waals surface area contributed by atoms with E-state index in [1.807, 2.05) is 28.9 Å². The first-order chi connectivity index (χ1) is 14.3. The van der Waals surface area contributed by atoms with E-state index >= 15 is 0 Å². The van der Waals surface area contributed by atoms with Crippen molar-refractivity contribution in [2.24, 2.45) is 11.8 Å². The van der Waals surface area contributed by atoms with Crippen LogP contribution in [-0.4, -0.2) is 33.3 Å². The summed E-state index contributed by atoms with van der Waals surface area (Å²) in [5.41, 5.74) is 4.64. The summed E-state index contributed by atoms with van der Waals surface area (Å²) in [4.78, 5) is 11.8. The molecule has 0 saturated heterocycles. The fraction of sp³-hybridized carbons (Fsp3) is 0.545. The minimum Gasteiger partial charge on any atom is -0.465 e. The van der Waals surface area contributed by atoms with Gasteiger partial charge in [0.25, 0.3) is 0 Å². The van der Waals surface area contributed by atoms with Gasteiger partial charge in [0.2, 0.25) is 5.95 Å². The molecule has 2 heterocycles. The quantitative estimate of drug-likeness (QED) is 0.791. The van der Waals surface area contributed by atoms with Crippen LogP contribution in [0, 0.1) is 11.8 Å². The number of benzene rings is 1. The number of aromatic nitrogens is 4. The third kappa shape index (κ3) is 3.22. The Kier molecular flexibility index (Phi) is 4.81. The molecule has 0 bridgehead atoms. The number of methoxy groups -OCH3 is 1. The van der Waals surface area contributed by atoms with Crippen molar-refractivity contribution in [3.8, 4) is 0 Å². The van der Waals surface area contributed by atoms with Gasteiger partial charge < -0.3 is 10.1 Å². The average Bonchev–Trinajstić information content (AvgIpc) is 3.25. The topological polar surface area (TPSA) is 81.9 Å². The van der Waals surface area contributed by atoms with E-state index in [4.69, 9.17) is 4.74 Å². The Balaban J connectivity index is 1.55. The molecule has 1 saturated carbocycles. The third-order valence-electron chi connectivity index (χ3n) is 6.83. The molecule has 3 aliphatic rings. The first-order valence-corrected chi connectivity index (χ1v) is 10.7. The number of anilines is 1. The Morgan fingerprint density at radius 3 is 2.66 bits per heavy atom. The van der Waals surface area contributed by atoms with Crippen LogP contribution in [0.5, 0.6) is 0 Å². The van der Waals surface area contributed by atoms with Crippen molar-refractivity contribution in [3.05, 3.63) is 46.7 Å². The third-order valence-corrected chi connectivity index (χ3v) is 6.83. The molecule has 0 radical (unpaired) electrons. The van der Waals surface area contributed by atoms with Gasteiger partial charge in [0.05, 0.1) is 18.7 Å². The van der Waals surface area contributed by atoms with Crippen LogP contribution < -0.4 is 5.32 Å². The highest BCUT2D eigenvalue weighted by Gasteiger charge is 2.40. The number of carbonyl (C=O) groups excluding carboxylic acids is 1. The van der Waals surface area contributed by atoms with E-state index in [1.54, 1.807) is 5.57 Å². The fourth-order valence-corrected chi connectivity index (χ4v) is 5.46. The van der Waals surface area contributed by atoms with Crippen LogP contribution in [-0.2, 0) is 4.74 Å². The van der Waals surface area contributed by atoms with Crippen molar-refractivity contribution in [2.45, 2.75) is 57.4 Å². The second kappa shape index (κ2) is 7.61. The van der Waals surface area contributed by atoms with E-state index in [2.05, 4.69) is 20.8 Å². The smallest absolute Gasteiger partial charge is 0.337 e. The Labute approximate surface area is 170 Å². The molecule has 0 spiro atoms. The van der Waals surface area contributed by atoms with Crippen LogP contribution in [0.1, 0.15) is 73.3 Å². The van der Waals surface area contributed by atoms with Gasteiger partial charge in [-0.25, -0.2) is 9.48 Å². The fourth-order valence-electron chi connectivity index (χ4n) is 5.46. The second-order valence-electron chi connectivity index (χ2n) is 8.40. The number of nitrogens with zero attached hydrogens (tertiary/aromatic N) is 4. The van der Waals surface area contributed by atoms with Crippen molar-refractivity contribution in [1.29, 1.82) is 0 Å². The molecule has 2 aromatic rings. The first-order valence-electron chi connectivity index (χ1n) is 10.7. The minimum absolute atomic E-state index is 0.0434. The van der Waals surface area contributed by atoms with Gasteiger partial charge in [0.15, 0.2) is 0 Å². The number of hydrogen-bond acceptors (Lipinski definition) is 6. The molecular formula is C22H27N5O2. The van der Waals surface area contributed by atoms with Crippen molar-refractivity contribution >= 4 is 11.9 Å². The van der Waals surface area contributed by atoms with Gasteiger partial charge in [-0.05, 0) is 71.7 Å². The molecule has 7 nitrogen and oxygen atoms in total. The standard InChI is InChI=1S/C22H27N5O2/c1-29-21(28)16-12-10-15(11-13-16)20-18-9-5-8-17(14-6-3-2-4-7-14)19(18)23-22-24-25-26-27(20)22/h10-14,18,20H,2-9H2,1H3,(H,23,24,26)/t18-,20+/m0/s1. The van der Waals surface area contributed by atoms with Gasteiger partial charge in [-0.3, -0.25) is 0 Å². The maximum Gasteiger partial charge on any atom is 0.337 e. The number of allylic oxidation sites excluding steroid dienone is 2. The zero-order valence-corrected chi connectivity index (χ0v) is 16.8. The van der Waals surface area contributed by atoms with Gasteiger partial charge >= 0.3 is 5.97 Å². The minimum atomic E-state index is -0.317. The van der Waals surface area contributed by atoms with E-state index in [1.165, 1.54) is 57.8 Å². The summed E-state index contributed by atoms with van der Waals surface area (Å²) in [7, 11) is 1.41.